The molecule has 0 heterocycles. The van der Waals surface area contributed by atoms with Crippen molar-refractivity contribution in [3.8, 4) is 5.75 Å². The third kappa shape index (κ3) is 2.66. The number of hydrogen-bond acceptors (Lipinski definition) is 1. The van der Waals surface area contributed by atoms with Gasteiger partial charge in [0.15, 0.2) is 0 Å². The Bertz CT molecular complexity index is 207. The fraction of sp³-hybridized carbons (Fsp3) is 0.143. The first-order valence-electron chi connectivity index (χ1n) is 2.62. The van der Waals surface area contributed by atoms with Gasteiger partial charge in [-0.15, -0.1) is 0 Å². The van der Waals surface area contributed by atoms with E-state index in [0.29, 0.717) is 5.02 Å². The van der Waals surface area contributed by atoms with Crippen LogP contribution < -0.4 is 23.6 Å². The van der Waals surface area contributed by atoms with Crippen molar-refractivity contribution < 1.29 is 25.0 Å². The van der Waals surface area contributed by atoms with E-state index in [0.717, 1.165) is 5.75 Å². The summed E-state index contributed by atoms with van der Waals surface area (Å²) in [4.78, 5) is 0. The molecule has 0 saturated carbocycles. The Balaban J connectivity index is 0. The van der Waals surface area contributed by atoms with Crippen LogP contribution in [-0.4, -0.2) is 7.11 Å². The number of rotatable bonds is 1. The van der Waals surface area contributed by atoms with Gasteiger partial charge in [-0.3, -0.25) is 0 Å². The smallest absolute Gasteiger partial charge is 1.00 e. The summed E-state index contributed by atoms with van der Waals surface area (Å²) < 4.78 is 4.91. The fourth-order valence-corrected chi connectivity index (χ4v) is 0.774. The number of hydrogen-bond donors (Lipinski definition) is 0. The Kier molecular flexibility index (Phi) is 4.64. The van der Waals surface area contributed by atoms with Crippen LogP contribution in [0.2, 0.25) is 5.02 Å². The van der Waals surface area contributed by atoms with Crippen molar-refractivity contribution in [3.05, 3.63) is 29.3 Å². The van der Waals surface area contributed by atoms with E-state index in [1.165, 1.54) is 0 Å². The minimum Gasteiger partial charge on any atom is -1.00 e. The average molecular weight is 151 g/mol. The summed E-state index contributed by atoms with van der Waals surface area (Å²) in [5.74, 6) is 0.794. The Morgan fingerprint density at radius 1 is 1.50 bits per heavy atom. The maximum atomic E-state index is 5.64. The molecule has 0 atom stereocenters. The molecule has 0 aliphatic heterocycles. The molecule has 0 aliphatic rings. The largest absolute Gasteiger partial charge is 1.00 e. The van der Waals surface area contributed by atoms with E-state index in [-0.39, 0.29) is 20.3 Å². The fourth-order valence-electron chi connectivity index (χ4n) is 0.594. The molecule has 1 aromatic rings. The average Bonchev–Trinajstić information content (AvgIpc) is 1.88. The Hall–Kier alpha value is -0.0926. The first kappa shape index (κ1) is 9.91. The molecule has 3 heteroatoms. The van der Waals surface area contributed by atoms with Gasteiger partial charge in [0.1, 0.15) is 5.75 Å². The third-order valence-corrected chi connectivity index (χ3v) is 1.27. The van der Waals surface area contributed by atoms with Crippen molar-refractivity contribution in [2.45, 2.75) is 0 Å². The molecule has 50 valence electrons. The van der Waals surface area contributed by atoms with Gasteiger partial charge in [-0.05, 0) is 18.2 Å². The quantitative estimate of drug-likeness (QED) is 0.489. The van der Waals surface area contributed by atoms with Gasteiger partial charge in [-0.2, -0.15) is 0 Å². The second-order valence-electron chi connectivity index (χ2n) is 1.66. The number of methoxy groups -OCH3 is 1. The Morgan fingerprint density at radius 2 is 2.20 bits per heavy atom. The monoisotopic (exact) mass is 150 g/mol. The summed E-state index contributed by atoms with van der Waals surface area (Å²) in [6, 6.07) is 7.28. The number of benzene rings is 1. The molecule has 0 aromatic heterocycles. The van der Waals surface area contributed by atoms with E-state index in [9.17, 15) is 0 Å². The Labute approximate surface area is 79.0 Å². The number of ether oxygens (including phenoxy) is 1. The van der Waals surface area contributed by atoms with Crippen LogP contribution in [0.5, 0.6) is 5.75 Å². The van der Waals surface area contributed by atoms with Crippen LogP contribution >= 0.6 is 11.6 Å². The summed E-state index contributed by atoms with van der Waals surface area (Å²) >= 11 is 5.64. The molecule has 0 aliphatic carbocycles. The van der Waals surface area contributed by atoms with E-state index >= 15 is 0 Å². The molecule has 0 unspecified atom stereocenters. The minimum atomic E-state index is 0. The van der Waals surface area contributed by atoms with Crippen molar-refractivity contribution in [1.29, 1.82) is 0 Å². The molecule has 10 heavy (non-hydrogen) atoms. The molecular weight excluding hydrogens is 142 g/mol. The molecule has 0 spiro atoms. The van der Waals surface area contributed by atoms with Gasteiger partial charge in [-0.1, -0.05) is 17.7 Å². The molecule has 1 rings (SSSR count). The Morgan fingerprint density at radius 3 is 2.60 bits per heavy atom. The normalized spacial score (nSPS) is 8.20. The van der Waals surface area contributed by atoms with Crippen molar-refractivity contribution in [2.24, 2.45) is 0 Å². The van der Waals surface area contributed by atoms with Gasteiger partial charge in [0, 0.05) is 5.02 Å². The van der Waals surface area contributed by atoms with Crippen molar-refractivity contribution in [2.75, 3.05) is 7.11 Å². The maximum absolute atomic E-state index is 5.64. The van der Waals surface area contributed by atoms with Crippen LogP contribution in [0.15, 0.2) is 24.3 Å². The second-order valence-corrected chi connectivity index (χ2v) is 2.10. The van der Waals surface area contributed by atoms with Crippen LogP contribution in [-0.2, 0) is 0 Å². The molecule has 1 aromatic carbocycles. The topological polar surface area (TPSA) is 9.23 Å². The summed E-state index contributed by atoms with van der Waals surface area (Å²) in [6.07, 6.45) is 0. The van der Waals surface area contributed by atoms with Gasteiger partial charge in [0.05, 0.1) is 7.11 Å². The second kappa shape index (κ2) is 4.68. The molecule has 0 fully saturated rings. The SMILES string of the molecule is COc1cccc(Cl)c1.[H-].[Li+]. The van der Waals surface area contributed by atoms with Crippen molar-refractivity contribution in [3.63, 3.8) is 0 Å². The van der Waals surface area contributed by atoms with E-state index in [1.807, 2.05) is 18.2 Å². The predicted octanol–water partition coefficient (Wildman–Crippen LogP) is -0.535. The van der Waals surface area contributed by atoms with Gasteiger partial charge in [0.2, 0.25) is 0 Å². The molecule has 0 radical (unpaired) electrons. The van der Waals surface area contributed by atoms with E-state index < -0.39 is 0 Å². The van der Waals surface area contributed by atoms with Crippen molar-refractivity contribution in [1.82, 2.24) is 0 Å². The first-order valence-corrected chi connectivity index (χ1v) is 3.00. The summed E-state index contributed by atoms with van der Waals surface area (Å²) in [5, 5.41) is 0.703. The summed E-state index contributed by atoms with van der Waals surface area (Å²) in [7, 11) is 1.62. The zero-order chi connectivity index (χ0) is 6.69. The van der Waals surface area contributed by atoms with Crippen LogP contribution in [0.1, 0.15) is 1.43 Å². The first-order chi connectivity index (χ1) is 4.33. The van der Waals surface area contributed by atoms with Crippen LogP contribution in [0.3, 0.4) is 0 Å². The van der Waals surface area contributed by atoms with Gasteiger partial charge in [0.25, 0.3) is 0 Å². The minimum absolute atomic E-state index is 0. The molecular formula is C7H8ClLiO. The molecule has 0 amide bonds. The molecule has 0 saturated heterocycles. The molecule has 1 nitrogen and oxygen atoms in total. The van der Waals surface area contributed by atoms with E-state index in [4.69, 9.17) is 16.3 Å². The summed E-state index contributed by atoms with van der Waals surface area (Å²) in [5.41, 5.74) is 0. The van der Waals surface area contributed by atoms with Crippen molar-refractivity contribution >= 4 is 11.6 Å². The molecule has 0 bridgehead atoms. The number of halogens is 1. The predicted molar refractivity (Wildman–Crippen MR) is 39.1 cm³/mol. The van der Waals surface area contributed by atoms with Gasteiger partial charge >= 0.3 is 18.9 Å². The van der Waals surface area contributed by atoms with E-state index in [2.05, 4.69) is 0 Å². The van der Waals surface area contributed by atoms with E-state index in [1.54, 1.807) is 13.2 Å². The van der Waals surface area contributed by atoms with Crippen LogP contribution in [0.25, 0.3) is 0 Å². The maximum Gasteiger partial charge on any atom is 1.00 e. The zero-order valence-corrected chi connectivity index (χ0v) is 6.85. The van der Waals surface area contributed by atoms with Crippen LogP contribution in [0, 0.1) is 0 Å². The third-order valence-electron chi connectivity index (χ3n) is 1.03. The standard InChI is InChI=1S/C7H7ClO.Li.H/c1-9-7-4-2-3-6(8)5-7;;/h2-5H,1H3;;/q;+1;-1. The zero-order valence-electron chi connectivity index (χ0n) is 7.10. The van der Waals surface area contributed by atoms with Gasteiger partial charge < -0.3 is 6.16 Å². The van der Waals surface area contributed by atoms with Gasteiger partial charge in [-0.25, -0.2) is 0 Å². The van der Waals surface area contributed by atoms with Crippen LogP contribution in [0.4, 0.5) is 0 Å². The summed E-state index contributed by atoms with van der Waals surface area (Å²) in [6.45, 7) is 0. The molecule has 0 N–H and O–H groups in total.